The molecule has 0 N–H and O–H groups in total. The Labute approximate surface area is 92.3 Å². The first-order valence-corrected chi connectivity index (χ1v) is 5.39. The summed E-state index contributed by atoms with van der Waals surface area (Å²) >= 11 is 0. The Morgan fingerprint density at radius 1 is 1.20 bits per heavy atom. The van der Waals surface area contributed by atoms with Crippen molar-refractivity contribution in [1.82, 2.24) is 0 Å². The summed E-state index contributed by atoms with van der Waals surface area (Å²) in [4.78, 5) is 11.1. The Morgan fingerprint density at radius 3 is 2.67 bits per heavy atom. The third-order valence-electron chi connectivity index (χ3n) is 1.67. The molecule has 2 heteroatoms. The lowest BCUT2D eigenvalue weighted by Crippen LogP contribution is -2.03. The Kier molecular flexibility index (Phi) is 9.83. The van der Waals surface area contributed by atoms with E-state index >= 15 is 0 Å². The van der Waals surface area contributed by atoms with Gasteiger partial charge in [0.25, 0.3) is 0 Å². The summed E-state index contributed by atoms with van der Waals surface area (Å²) in [7, 11) is 0. The van der Waals surface area contributed by atoms with Gasteiger partial charge in [-0.05, 0) is 19.8 Å². The molecule has 0 aliphatic rings. The maximum Gasteiger partial charge on any atom is 0.309 e. The predicted molar refractivity (Wildman–Crippen MR) is 63.6 cm³/mol. The van der Waals surface area contributed by atoms with E-state index < -0.39 is 0 Å². The van der Waals surface area contributed by atoms with Crippen LogP contribution in [0.1, 0.15) is 33.1 Å². The van der Waals surface area contributed by atoms with Gasteiger partial charge in [-0.2, -0.15) is 0 Å². The average Bonchev–Trinajstić information content (AvgIpc) is 2.23. The fraction of sp³-hybridized carbons (Fsp3) is 0.462. The molecule has 0 aliphatic carbocycles. The molecule has 0 saturated carbocycles. The highest BCUT2D eigenvalue weighted by Gasteiger charge is 1.96. The van der Waals surface area contributed by atoms with E-state index in [1.807, 2.05) is 50.3 Å². The predicted octanol–water partition coefficient (Wildman–Crippen LogP) is 3.41. The zero-order chi connectivity index (χ0) is 11.4. The minimum atomic E-state index is -0.154. The summed E-state index contributed by atoms with van der Waals surface area (Å²) in [6.07, 6.45) is 13.8. The molecule has 0 atom stereocenters. The number of hydrogen-bond acceptors (Lipinski definition) is 2. The second-order valence-electron chi connectivity index (χ2n) is 3.05. The van der Waals surface area contributed by atoms with Crippen molar-refractivity contribution in [3.63, 3.8) is 0 Å². The molecule has 15 heavy (non-hydrogen) atoms. The van der Waals surface area contributed by atoms with Crippen LogP contribution in [0.3, 0.4) is 0 Å². The molecule has 0 saturated heterocycles. The second kappa shape index (κ2) is 10.8. The Bertz CT molecular complexity index is 237. The maximum absolute atomic E-state index is 11.1. The highest BCUT2D eigenvalue weighted by molar-refractivity contribution is 5.71. The molecule has 0 amide bonds. The number of allylic oxidation sites excluding steroid dienone is 4. The zero-order valence-electron chi connectivity index (χ0n) is 9.61. The van der Waals surface area contributed by atoms with Crippen LogP contribution >= 0.6 is 0 Å². The maximum atomic E-state index is 11.1. The van der Waals surface area contributed by atoms with Crippen molar-refractivity contribution in [2.45, 2.75) is 33.1 Å². The van der Waals surface area contributed by atoms with Crippen LogP contribution in [-0.4, -0.2) is 12.6 Å². The summed E-state index contributed by atoms with van der Waals surface area (Å²) in [5.41, 5.74) is 0. The first-order valence-electron chi connectivity index (χ1n) is 5.39. The van der Waals surface area contributed by atoms with E-state index in [1.54, 1.807) is 0 Å². The van der Waals surface area contributed by atoms with Crippen molar-refractivity contribution in [3.8, 4) is 0 Å². The van der Waals surface area contributed by atoms with Crippen molar-refractivity contribution >= 4 is 5.97 Å². The van der Waals surface area contributed by atoms with E-state index in [-0.39, 0.29) is 5.97 Å². The molecular weight excluding hydrogens is 188 g/mol. The molecular formula is C13H20O2. The molecule has 2 nitrogen and oxygen atoms in total. The fourth-order valence-corrected chi connectivity index (χ4v) is 0.932. The summed E-state index contributed by atoms with van der Waals surface area (Å²) in [6, 6.07) is 0. The molecule has 0 aromatic carbocycles. The highest BCUT2D eigenvalue weighted by atomic mass is 16.5. The molecule has 0 spiro atoms. The third-order valence-corrected chi connectivity index (χ3v) is 1.67. The number of hydrogen-bond donors (Lipinski definition) is 0. The normalized spacial score (nSPS) is 11.9. The van der Waals surface area contributed by atoms with Gasteiger partial charge in [0.05, 0.1) is 13.0 Å². The molecule has 0 aromatic heterocycles. The van der Waals surface area contributed by atoms with Gasteiger partial charge in [-0.3, -0.25) is 4.79 Å². The zero-order valence-corrected chi connectivity index (χ0v) is 9.61. The molecule has 0 heterocycles. The van der Waals surface area contributed by atoms with Crippen LogP contribution in [-0.2, 0) is 9.53 Å². The van der Waals surface area contributed by atoms with E-state index in [2.05, 4.69) is 0 Å². The lowest BCUT2D eigenvalue weighted by Gasteiger charge is -1.99. The Hall–Kier alpha value is -1.31. The Balaban J connectivity index is 3.42. The summed E-state index contributed by atoms with van der Waals surface area (Å²) in [5.74, 6) is -0.154. The van der Waals surface area contributed by atoms with Crippen molar-refractivity contribution in [2.75, 3.05) is 6.61 Å². The molecule has 0 fully saturated rings. The van der Waals surface area contributed by atoms with E-state index in [9.17, 15) is 4.79 Å². The van der Waals surface area contributed by atoms with E-state index in [4.69, 9.17) is 4.74 Å². The molecule has 0 rings (SSSR count). The monoisotopic (exact) mass is 208 g/mol. The lowest BCUT2D eigenvalue weighted by molar-refractivity contribution is -0.142. The van der Waals surface area contributed by atoms with Gasteiger partial charge in [-0.15, -0.1) is 0 Å². The van der Waals surface area contributed by atoms with E-state index in [1.165, 1.54) is 0 Å². The summed E-state index contributed by atoms with van der Waals surface area (Å²) < 4.78 is 5.00. The van der Waals surface area contributed by atoms with Gasteiger partial charge >= 0.3 is 5.97 Å². The summed E-state index contributed by atoms with van der Waals surface area (Å²) in [5, 5.41) is 0. The molecule has 0 aliphatic heterocycles. The quantitative estimate of drug-likeness (QED) is 0.277. The second-order valence-corrected chi connectivity index (χ2v) is 3.05. The van der Waals surface area contributed by atoms with Gasteiger partial charge < -0.3 is 4.74 Å². The molecule has 0 aromatic rings. The molecule has 0 radical (unpaired) electrons. The van der Waals surface area contributed by atoms with Crippen LogP contribution in [0, 0.1) is 0 Å². The molecule has 0 unspecified atom stereocenters. The van der Waals surface area contributed by atoms with Gasteiger partial charge in [0.15, 0.2) is 0 Å². The lowest BCUT2D eigenvalue weighted by atomic mass is 10.3. The summed E-state index contributed by atoms with van der Waals surface area (Å²) in [6.45, 7) is 4.46. The van der Waals surface area contributed by atoms with Crippen molar-refractivity contribution in [3.05, 3.63) is 36.5 Å². The molecule has 84 valence electrons. The van der Waals surface area contributed by atoms with Crippen LogP contribution < -0.4 is 0 Å². The molecule has 0 bridgehead atoms. The van der Waals surface area contributed by atoms with Gasteiger partial charge in [0.1, 0.15) is 0 Å². The van der Waals surface area contributed by atoms with Crippen molar-refractivity contribution < 1.29 is 9.53 Å². The van der Waals surface area contributed by atoms with Crippen LogP contribution in [0.2, 0.25) is 0 Å². The minimum absolute atomic E-state index is 0.154. The standard InChI is InChI=1S/C13H20O2/c1-3-5-7-8-10-12-15-13(14)11-9-6-4-2/h3,5-9H,4,10-12H2,1-2H3/b5-3+,8-7+,9-6+. The number of carbonyl (C=O) groups excluding carboxylic acids is 1. The largest absolute Gasteiger partial charge is 0.465 e. The van der Waals surface area contributed by atoms with E-state index in [0.717, 1.165) is 12.8 Å². The number of esters is 1. The Morgan fingerprint density at radius 2 is 2.00 bits per heavy atom. The van der Waals surface area contributed by atoms with Gasteiger partial charge in [0, 0.05) is 0 Å². The topological polar surface area (TPSA) is 26.3 Å². The number of rotatable bonds is 7. The number of carbonyl (C=O) groups is 1. The average molecular weight is 208 g/mol. The third kappa shape index (κ3) is 10.6. The van der Waals surface area contributed by atoms with Gasteiger partial charge in [-0.25, -0.2) is 0 Å². The van der Waals surface area contributed by atoms with Gasteiger partial charge in [-0.1, -0.05) is 43.4 Å². The van der Waals surface area contributed by atoms with Crippen molar-refractivity contribution in [1.29, 1.82) is 0 Å². The van der Waals surface area contributed by atoms with Crippen LogP contribution in [0.15, 0.2) is 36.5 Å². The van der Waals surface area contributed by atoms with Crippen LogP contribution in [0.5, 0.6) is 0 Å². The minimum Gasteiger partial charge on any atom is -0.465 e. The van der Waals surface area contributed by atoms with Crippen molar-refractivity contribution in [2.24, 2.45) is 0 Å². The fourth-order valence-electron chi connectivity index (χ4n) is 0.932. The van der Waals surface area contributed by atoms with Crippen LogP contribution in [0.4, 0.5) is 0 Å². The first kappa shape index (κ1) is 13.7. The van der Waals surface area contributed by atoms with Gasteiger partial charge in [0.2, 0.25) is 0 Å². The smallest absolute Gasteiger partial charge is 0.309 e. The van der Waals surface area contributed by atoms with E-state index in [0.29, 0.717) is 13.0 Å². The number of ether oxygens (including phenoxy) is 1. The SMILES string of the molecule is C/C=C/C=C/CCOC(=O)C/C=C/CC. The van der Waals surface area contributed by atoms with Crippen LogP contribution in [0.25, 0.3) is 0 Å². The highest BCUT2D eigenvalue weighted by Crippen LogP contribution is 1.93. The first-order chi connectivity index (χ1) is 7.31.